The van der Waals surface area contributed by atoms with Crippen LogP contribution in [0.3, 0.4) is 0 Å². The molecule has 0 spiro atoms. The molecule has 82 heavy (non-hydrogen) atoms. The summed E-state index contributed by atoms with van der Waals surface area (Å²) in [4.78, 5) is 24.6. The van der Waals surface area contributed by atoms with E-state index in [0.29, 0.717) is 12.8 Å². The molecule has 0 bridgehead atoms. The molecule has 0 fully saturated rings. The Labute approximate surface area is 502 Å². The third-order valence-corrected chi connectivity index (χ3v) is 12.1. The Bertz CT molecular complexity index is 2090. The number of esters is 2. The second-order valence-corrected chi connectivity index (χ2v) is 19.7. The van der Waals surface area contributed by atoms with Crippen LogP contribution in [-0.4, -0.2) is 36.4 Å². The maximum atomic E-state index is 12.3. The molecule has 0 heterocycles. The zero-order valence-corrected chi connectivity index (χ0v) is 51.4. The van der Waals surface area contributed by atoms with Crippen molar-refractivity contribution >= 4 is 11.9 Å². The number of rotatable bonds is 54. The summed E-state index contributed by atoms with van der Waals surface area (Å²) in [6.07, 6.45) is 116. The van der Waals surface area contributed by atoms with E-state index >= 15 is 0 Å². The van der Waals surface area contributed by atoms with Gasteiger partial charge in [0.25, 0.3) is 0 Å². The molecule has 1 unspecified atom stereocenters. The quantitative estimate of drug-likeness (QED) is 0.0373. The summed E-state index contributed by atoms with van der Waals surface area (Å²) in [6.45, 7) is 3.83. The van der Waals surface area contributed by atoms with Gasteiger partial charge in [0.05, 0.1) is 6.61 Å². The van der Waals surface area contributed by atoms with Gasteiger partial charge in [-0.05, 0) is 167 Å². The van der Waals surface area contributed by atoms with Gasteiger partial charge in [-0.15, -0.1) is 0 Å². The minimum atomic E-state index is -0.827. The van der Waals surface area contributed by atoms with Gasteiger partial charge in [0.1, 0.15) is 6.61 Å². The van der Waals surface area contributed by atoms with Gasteiger partial charge in [-0.2, -0.15) is 0 Å². The Balaban J connectivity index is 3.76. The van der Waals surface area contributed by atoms with Crippen molar-refractivity contribution < 1.29 is 24.2 Å². The lowest BCUT2D eigenvalue weighted by Gasteiger charge is -2.15. The van der Waals surface area contributed by atoms with E-state index in [1.165, 1.54) is 0 Å². The van der Waals surface area contributed by atoms with Gasteiger partial charge in [-0.1, -0.05) is 270 Å². The summed E-state index contributed by atoms with van der Waals surface area (Å²) in [7, 11) is 0. The van der Waals surface area contributed by atoms with E-state index in [9.17, 15) is 14.7 Å². The summed E-state index contributed by atoms with van der Waals surface area (Å²) in [5.41, 5.74) is 0. The highest BCUT2D eigenvalue weighted by Crippen LogP contribution is 2.10. The lowest BCUT2D eigenvalue weighted by Crippen LogP contribution is -2.28. The van der Waals surface area contributed by atoms with E-state index in [4.69, 9.17) is 9.47 Å². The highest BCUT2D eigenvalue weighted by molar-refractivity contribution is 5.70. The maximum Gasteiger partial charge on any atom is 0.306 e. The predicted octanol–water partition coefficient (Wildman–Crippen LogP) is 22.3. The van der Waals surface area contributed by atoms with E-state index < -0.39 is 6.10 Å². The van der Waals surface area contributed by atoms with Crippen LogP contribution in [0, 0.1) is 0 Å². The molecule has 0 aliphatic carbocycles. The van der Waals surface area contributed by atoms with Crippen molar-refractivity contribution in [1.82, 2.24) is 0 Å². The number of aliphatic hydroxyl groups is 1. The molecule has 0 aliphatic heterocycles. The van der Waals surface area contributed by atoms with Crippen LogP contribution < -0.4 is 0 Å². The largest absolute Gasteiger partial charge is 0.462 e. The molecule has 1 N–H and O–H groups in total. The zero-order chi connectivity index (χ0) is 59.1. The summed E-state index contributed by atoms with van der Waals surface area (Å²) in [5.74, 6) is -0.695. The molecule has 1 atom stereocenters. The number of unbranched alkanes of at least 4 members (excludes halogenated alkanes) is 6. The number of aliphatic hydroxyl groups excluding tert-OH is 1. The van der Waals surface area contributed by atoms with Crippen LogP contribution >= 0.6 is 0 Å². The minimum Gasteiger partial charge on any atom is -0.462 e. The Morgan fingerprint density at radius 3 is 0.744 bits per heavy atom. The van der Waals surface area contributed by atoms with Gasteiger partial charge in [-0.3, -0.25) is 9.59 Å². The average Bonchev–Trinajstić information content (AvgIpc) is 3.49. The van der Waals surface area contributed by atoms with E-state index in [1.807, 2.05) is 0 Å². The fourth-order valence-electron chi connectivity index (χ4n) is 7.49. The molecule has 450 valence electrons. The van der Waals surface area contributed by atoms with Crippen LogP contribution in [0.4, 0.5) is 0 Å². The summed E-state index contributed by atoms with van der Waals surface area (Å²) >= 11 is 0. The first-order valence-electron chi connectivity index (χ1n) is 31.6. The van der Waals surface area contributed by atoms with Crippen molar-refractivity contribution in [1.29, 1.82) is 0 Å². The Kier molecular flexibility index (Phi) is 63.7. The molecule has 0 saturated carbocycles. The molecule has 0 aliphatic rings. The molecular formula is C77H112O5. The van der Waals surface area contributed by atoms with Crippen LogP contribution in [0.15, 0.2) is 243 Å². The van der Waals surface area contributed by atoms with Gasteiger partial charge < -0.3 is 14.6 Å². The smallest absolute Gasteiger partial charge is 0.306 e. The number of hydrogen-bond donors (Lipinski definition) is 1. The Morgan fingerprint density at radius 1 is 0.280 bits per heavy atom. The lowest BCUT2D eigenvalue weighted by molar-refractivity contribution is -0.161. The first kappa shape index (κ1) is 75.7. The molecule has 0 radical (unpaired) electrons. The Hall–Kier alpha value is -6.30. The summed E-state index contributed by atoms with van der Waals surface area (Å²) < 4.78 is 10.7. The van der Waals surface area contributed by atoms with Crippen molar-refractivity contribution in [3.8, 4) is 0 Å². The molecule has 5 nitrogen and oxygen atoms in total. The second kappa shape index (κ2) is 69.0. The predicted molar refractivity (Wildman–Crippen MR) is 361 cm³/mol. The van der Waals surface area contributed by atoms with Crippen molar-refractivity contribution in [2.45, 2.75) is 213 Å². The average molecular weight is 1120 g/mol. The lowest BCUT2D eigenvalue weighted by atomic mass is 10.1. The third-order valence-electron chi connectivity index (χ3n) is 12.1. The van der Waals surface area contributed by atoms with Crippen LogP contribution in [0.25, 0.3) is 0 Å². The van der Waals surface area contributed by atoms with Gasteiger partial charge in [0.15, 0.2) is 6.10 Å². The highest BCUT2D eigenvalue weighted by atomic mass is 16.6. The maximum absolute atomic E-state index is 12.3. The molecule has 0 aromatic carbocycles. The van der Waals surface area contributed by atoms with Gasteiger partial charge in [0.2, 0.25) is 0 Å². The standard InChI is InChI=1S/C77H112O5/c1-3-5-7-9-11-13-15-17-19-21-23-25-27-29-31-33-35-37-38-40-42-44-46-48-50-52-54-56-58-60-62-64-66-68-70-72-77(80)82-75(73-78)74-81-76(79)71-69-67-65-63-61-59-57-55-53-51-49-47-45-43-41-39-36-34-32-30-28-26-24-22-20-18-16-14-12-10-8-6-4-2/h5-8,11-14,17-20,23-26,29-32,35-37,39-40,42-43,45-46,48-49,51-52,54-55,57-58,60-61,63,75,78H,3-4,9-10,15-16,21-22,27-28,33-34,38,41,44,47,50,53,56,59,62,64-74H2,1-2H3/b7-5-,8-6-,13-11-,14-12-,19-17-,20-18-,25-23-,26-24-,31-29-,32-30-,37-35-,39-36-,42-40-,45-43-,48-46-,51-49-,54-52-,57-55-,60-58-,63-61-. The van der Waals surface area contributed by atoms with Crippen molar-refractivity contribution in [3.05, 3.63) is 243 Å². The molecule has 5 heteroatoms. The monoisotopic (exact) mass is 1120 g/mol. The number of ether oxygens (including phenoxy) is 2. The van der Waals surface area contributed by atoms with Crippen molar-refractivity contribution in [2.24, 2.45) is 0 Å². The molecule has 0 saturated heterocycles. The summed E-state index contributed by atoms with van der Waals surface area (Å²) in [5, 5.41) is 9.67. The fourth-order valence-corrected chi connectivity index (χ4v) is 7.49. The fraction of sp³-hybridized carbons (Fsp3) is 0.455. The first-order chi connectivity index (χ1) is 40.6. The molecular weight excluding hydrogens is 1000 g/mol. The van der Waals surface area contributed by atoms with Crippen LogP contribution in [-0.2, 0) is 19.1 Å². The first-order valence-corrected chi connectivity index (χ1v) is 31.6. The van der Waals surface area contributed by atoms with Crippen LogP contribution in [0.5, 0.6) is 0 Å². The van der Waals surface area contributed by atoms with Crippen molar-refractivity contribution in [2.75, 3.05) is 13.2 Å². The number of carbonyl (C=O) groups excluding carboxylic acids is 2. The highest BCUT2D eigenvalue weighted by Gasteiger charge is 2.16. The van der Waals surface area contributed by atoms with E-state index in [-0.39, 0.29) is 25.2 Å². The Morgan fingerprint density at radius 2 is 0.488 bits per heavy atom. The van der Waals surface area contributed by atoms with Gasteiger partial charge in [-0.25, -0.2) is 0 Å². The second-order valence-electron chi connectivity index (χ2n) is 19.7. The van der Waals surface area contributed by atoms with Gasteiger partial charge >= 0.3 is 11.9 Å². The molecule has 0 aromatic rings. The zero-order valence-electron chi connectivity index (χ0n) is 51.4. The van der Waals surface area contributed by atoms with E-state index in [1.54, 1.807) is 0 Å². The van der Waals surface area contributed by atoms with Crippen LogP contribution in [0.2, 0.25) is 0 Å². The normalized spacial score (nSPS) is 13.9. The minimum absolute atomic E-state index is 0.118. The number of carbonyl (C=O) groups is 2. The van der Waals surface area contributed by atoms with E-state index in [2.05, 4.69) is 257 Å². The van der Waals surface area contributed by atoms with Crippen LogP contribution in [0.1, 0.15) is 206 Å². The topological polar surface area (TPSA) is 72.8 Å². The number of allylic oxidation sites excluding steroid dienone is 40. The molecule has 0 rings (SSSR count). The SMILES string of the molecule is CC/C=C\C/C=C\C/C=C\C/C=C\C/C=C\C/C=C\C/C=C\C/C=C\C/C=C\C/C=C\CCCCCCC(=O)OC(CO)COC(=O)CCCC/C=C\C/C=C\C/C=C\C/C=C\C/C=C\C/C=C\C/C=C\C/C=C\C/C=C\C/C=C\CC. The van der Waals surface area contributed by atoms with Crippen molar-refractivity contribution in [3.63, 3.8) is 0 Å². The van der Waals surface area contributed by atoms with Gasteiger partial charge in [0, 0.05) is 12.8 Å². The third kappa shape index (κ3) is 66.2. The molecule has 0 aromatic heterocycles. The summed E-state index contributed by atoms with van der Waals surface area (Å²) in [6, 6.07) is 0. The molecule has 0 amide bonds. The number of hydrogen-bond acceptors (Lipinski definition) is 5. The van der Waals surface area contributed by atoms with E-state index in [0.717, 1.165) is 180 Å².